The van der Waals surface area contributed by atoms with Crippen molar-refractivity contribution >= 4 is 29.2 Å². The smallest absolute Gasteiger partial charge is 0.337 e. The van der Waals surface area contributed by atoms with Crippen LogP contribution >= 0.6 is 11.6 Å². The Balaban J connectivity index is 1.76. The molecule has 0 spiro atoms. The predicted molar refractivity (Wildman–Crippen MR) is 150 cm³/mol. The zero-order valence-corrected chi connectivity index (χ0v) is 21.9. The van der Waals surface area contributed by atoms with Crippen molar-refractivity contribution in [1.82, 2.24) is 4.90 Å². The van der Waals surface area contributed by atoms with Gasteiger partial charge in [-0.3, -0.25) is 4.79 Å². The molecule has 5 rings (SSSR count). The van der Waals surface area contributed by atoms with E-state index in [1.54, 1.807) is 4.90 Å². The number of nitrogens with zero attached hydrogens (tertiary/aromatic N) is 1. The van der Waals surface area contributed by atoms with Crippen LogP contribution in [0.15, 0.2) is 121 Å². The van der Waals surface area contributed by atoms with Crippen LogP contribution in [-0.2, 0) is 33.7 Å². The zero-order valence-electron chi connectivity index (χ0n) is 21.1. The average molecular weight is 522 g/mol. The quantitative estimate of drug-likeness (QED) is 0.241. The number of esters is 1. The summed E-state index contributed by atoms with van der Waals surface area (Å²) in [4.78, 5) is 30.2. The van der Waals surface area contributed by atoms with Crippen molar-refractivity contribution in [2.75, 3.05) is 7.11 Å². The third-order valence-corrected chi connectivity index (χ3v) is 7.28. The van der Waals surface area contributed by atoms with Crippen LogP contribution in [0.2, 0.25) is 5.02 Å². The first-order valence-electron chi connectivity index (χ1n) is 12.5. The molecule has 0 atom stereocenters. The van der Waals surface area contributed by atoms with Gasteiger partial charge in [-0.15, -0.1) is 0 Å². The number of methoxy groups -OCH3 is 1. The molecular formula is C33H28ClNO3. The van der Waals surface area contributed by atoms with Gasteiger partial charge < -0.3 is 9.64 Å². The van der Waals surface area contributed by atoms with Gasteiger partial charge in [0, 0.05) is 5.02 Å². The number of carbonyl (C=O) groups is 2. The lowest BCUT2D eigenvalue weighted by molar-refractivity contribution is -0.142. The van der Waals surface area contributed by atoms with Crippen LogP contribution in [0.4, 0.5) is 0 Å². The van der Waals surface area contributed by atoms with Crippen molar-refractivity contribution in [2.45, 2.75) is 19.4 Å². The lowest BCUT2D eigenvalue weighted by Gasteiger charge is -2.31. The van der Waals surface area contributed by atoms with Gasteiger partial charge in [0.05, 0.1) is 30.3 Å². The van der Waals surface area contributed by atoms with Crippen molar-refractivity contribution in [1.29, 1.82) is 0 Å². The Morgan fingerprint density at radius 1 is 0.737 bits per heavy atom. The minimum absolute atomic E-state index is 0.126. The molecule has 0 aromatic heterocycles. The van der Waals surface area contributed by atoms with E-state index in [9.17, 15) is 9.59 Å². The number of benzene rings is 4. The number of carbonyl (C=O) groups excluding carboxylic acids is 2. The first kappa shape index (κ1) is 25.5. The summed E-state index contributed by atoms with van der Waals surface area (Å²) in [5, 5.41) is 0.623. The molecule has 190 valence electrons. The van der Waals surface area contributed by atoms with Gasteiger partial charge in [0.15, 0.2) is 0 Å². The Morgan fingerprint density at radius 2 is 1.24 bits per heavy atom. The topological polar surface area (TPSA) is 46.6 Å². The van der Waals surface area contributed by atoms with Gasteiger partial charge in [0.2, 0.25) is 5.91 Å². The van der Waals surface area contributed by atoms with Gasteiger partial charge in [-0.25, -0.2) is 4.79 Å². The lowest BCUT2D eigenvalue weighted by Crippen LogP contribution is -2.42. The van der Waals surface area contributed by atoms with Crippen LogP contribution in [0.5, 0.6) is 0 Å². The fourth-order valence-corrected chi connectivity index (χ4v) is 5.45. The van der Waals surface area contributed by atoms with Crippen LogP contribution in [0.25, 0.3) is 5.70 Å². The summed E-state index contributed by atoms with van der Waals surface area (Å²) in [5.74, 6) is -0.623. The van der Waals surface area contributed by atoms with Crippen molar-refractivity contribution in [3.63, 3.8) is 0 Å². The number of rotatable bonds is 8. The van der Waals surface area contributed by atoms with Crippen molar-refractivity contribution < 1.29 is 14.3 Å². The minimum Gasteiger partial charge on any atom is -0.466 e. The summed E-state index contributed by atoms with van der Waals surface area (Å²) in [6.45, 7) is 0.298. The Bertz CT molecular complexity index is 1410. The summed E-state index contributed by atoms with van der Waals surface area (Å²) >= 11 is 6.14. The molecule has 4 aromatic carbocycles. The third-order valence-electron chi connectivity index (χ3n) is 7.03. The average Bonchev–Trinajstić information content (AvgIpc) is 3.18. The van der Waals surface area contributed by atoms with E-state index in [1.165, 1.54) is 7.11 Å². The summed E-state index contributed by atoms with van der Waals surface area (Å²) in [7, 11) is 1.38. The van der Waals surface area contributed by atoms with E-state index in [4.69, 9.17) is 16.3 Å². The highest BCUT2D eigenvalue weighted by atomic mass is 35.5. The SMILES string of the molecule is COC(=O)C1=C(c2ccccc2)N(Cc2ccc(Cl)cc2)C(=O)C1(Cc1ccccc1)Cc1ccccc1. The van der Waals surface area contributed by atoms with Crippen LogP contribution in [-0.4, -0.2) is 23.9 Å². The van der Waals surface area contributed by atoms with Gasteiger partial charge >= 0.3 is 5.97 Å². The normalized spacial score (nSPS) is 14.6. The third kappa shape index (κ3) is 5.00. The molecule has 0 N–H and O–H groups in total. The van der Waals surface area contributed by atoms with E-state index < -0.39 is 11.4 Å². The Morgan fingerprint density at radius 3 is 1.74 bits per heavy atom. The maximum atomic E-state index is 14.8. The molecule has 0 aliphatic carbocycles. The number of ether oxygens (including phenoxy) is 1. The Hall–Kier alpha value is -4.15. The Kier molecular flexibility index (Phi) is 7.43. The molecule has 1 aliphatic heterocycles. The number of hydrogen-bond acceptors (Lipinski definition) is 3. The number of hydrogen-bond donors (Lipinski definition) is 0. The molecule has 5 heteroatoms. The van der Waals surface area contributed by atoms with Crippen LogP contribution in [0.1, 0.15) is 22.3 Å². The van der Waals surface area contributed by atoms with E-state index >= 15 is 0 Å². The second-order valence-corrected chi connectivity index (χ2v) is 9.94. The first-order valence-corrected chi connectivity index (χ1v) is 12.9. The van der Waals surface area contributed by atoms with Crippen molar-refractivity contribution in [3.8, 4) is 0 Å². The van der Waals surface area contributed by atoms with E-state index in [2.05, 4.69) is 0 Å². The molecule has 0 saturated carbocycles. The van der Waals surface area contributed by atoms with Gasteiger partial charge in [-0.2, -0.15) is 0 Å². The fourth-order valence-electron chi connectivity index (χ4n) is 5.32. The standard InChI is InChI=1S/C33H28ClNO3/c1-38-31(36)29-30(27-15-9-4-10-16-27)35(23-26-17-19-28(34)20-18-26)32(37)33(29,21-24-11-5-2-6-12-24)22-25-13-7-3-8-14-25/h2-20H,21-23H2,1H3. The maximum Gasteiger partial charge on any atom is 0.337 e. The molecule has 0 fully saturated rings. The highest BCUT2D eigenvalue weighted by Gasteiger charge is 2.55. The van der Waals surface area contributed by atoms with Gasteiger partial charge in [0.1, 0.15) is 0 Å². The zero-order chi connectivity index (χ0) is 26.5. The largest absolute Gasteiger partial charge is 0.466 e. The summed E-state index contributed by atoms with van der Waals surface area (Å²) in [6, 6.07) is 36.8. The van der Waals surface area contributed by atoms with Crippen LogP contribution < -0.4 is 0 Å². The molecule has 4 aromatic rings. The molecule has 38 heavy (non-hydrogen) atoms. The molecule has 1 aliphatic rings. The Labute approximate surface area is 228 Å². The fraction of sp³-hybridized carbons (Fsp3) is 0.152. The highest BCUT2D eigenvalue weighted by molar-refractivity contribution is 6.30. The van der Waals surface area contributed by atoms with E-state index in [0.29, 0.717) is 35.7 Å². The summed E-state index contributed by atoms with van der Waals surface area (Å²) < 4.78 is 5.39. The van der Waals surface area contributed by atoms with Gasteiger partial charge in [-0.1, -0.05) is 115 Å². The van der Waals surface area contributed by atoms with Gasteiger partial charge in [0.25, 0.3) is 0 Å². The molecule has 1 heterocycles. The molecule has 0 saturated heterocycles. The van der Waals surface area contributed by atoms with E-state index in [-0.39, 0.29) is 5.91 Å². The van der Waals surface area contributed by atoms with Crippen LogP contribution in [0, 0.1) is 5.41 Å². The molecular weight excluding hydrogens is 494 g/mol. The molecule has 0 radical (unpaired) electrons. The monoisotopic (exact) mass is 521 g/mol. The molecule has 0 bridgehead atoms. The predicted octanol–water partition coefficient (Wildman–Crippen LogP) is 6.74. The van der Waals surface area contributed by atoms with Crippen molar-refractivity contribution in [2.24, 2.45) is 5.41 Å². The first-order chi connectivity index (χ1) is 18.5. The molecule has 4 nitrogen and oxygen atoms in total. The molecule has 0 unspecified atom stereocenters. The maximum absolute atomic E-state index is 14.8. The second-order valence-electron chi connectivity index (χ2n) is 9.51. The summed E-state index contributed by atoms with van der Waals surface area (Å²) in [6.07, 6.45) is 0.721. The van der Waals surface area contributed by atoms with E-state index in [1.807, 2.05) is 115 Å². The lowest BCUT2D eigenvalue weighted by atomic mass is 9.71. The van der Waals surface area contributed by atoms with Crippen LogP contribution in [0.3, 0.4) is 0 Å². The minimum atomic E-state index is -1.16. The van der Waals surface area contributed by atoms with Gasteiger partial charge in [-0.05, 0) is 47.2 Å². The highest BCUT2D eigenvalue weighted by Crippen LogP contribution is 2.49. The van der Waals surface area contributed by atoms with E-state index in [0.717, 1.165) is 22.3 Å². The van der Waals surface area contributed by atoms with Crippen molar-refractivity contribution in [3.05, 3.63) is 148 Å². The number of halogens is 1. The summed E-state index contributed by atoms with van der Waals surface area (Å²) in [5.41, 5.74) is 3.46. The molecule has 1 amide bonds. The second kappa shape index (κ2) is 11.1. The number of amides is 1.